The zero-order chi connectivity index (χ0) is 89.1. The van der Waals surface area contributed by atoms with Gasteiger partial charge >= 0.3 is 0 Å². The SMILES string of the molecule is [2H]c1c([2H])c2c(c([2H])c1-c1cc(C34CC(C3)C4)cc(-c3c([2H])c([2H])c4c(c3[2H])C(C([2H])([2H])[2H])(C([2H])([2H])[2H])C([2H])([2H])C([2H])([2H])C4(C([2H])([2H])[2H])C([2H])([2H])[2H])c1[N+]1=[C-]C(c3cccc(Oc4ccc5c6ccccc6n(-c6cccc(C78CC(C7)C8)c6)c5c4)c3)c3cccc(C45CC(C4)C5)c31)C(C([2H])([2H])[2H])(C([2H])([2H])[2H])C([2H])([2H])C([2H])([2H])C2(C([2H])([2H])[2H])C([2H])([2H])[2H]. The van der Waals surface area contributed by atoms with Gasteiger partial charge in [0, 0.05) is 72.3 Å². The van der Waals surface area contributed by atoms with E-state index in [1.165, 1.54) is 22.3 Å². The third-order valence-electron chi connectivity index (χ3n) is 20.8. The Kier molecular flexibility index (Phi) is 5.08. The van der Waals surface area contributed by atoms with E-state index in [1.807, 2.05) is 42.5 Å². The number of benzene rings is 8. The lowest BCUT2D eigenvalue weighted by molar-refractivity contribution is -0.0274. The van der Waals surface area contributed by atoms with E-state index in [0.717, 1.165) is 52.7 Å². The zero-order valence-corrected chi connectivity index (χ0v) is 45.5. The Hall–Kier alpha value is -6.97. The molecule has 0 saturated heterocycles. The first-order valence-corrected chi connectivity index (χ1v) is 29.1. The van der Waals surface area contributed by atoms with Crippen molar-refractivity contribution in [3.63, 3.8) is 0 Å². The topological polar surface area (TPSA) is 17.2 Å². The largest absolute Gasteiger partial charge is 0.457 e. The third kappa shape index (κ3) is 7.02. The van der Waals surface area contributed by atoms with E-state index in [1.54, 1.807) is 42.5 Å². The van der Waals surface area contributed by atoms with Gasteiger partial charge in [-0.25, -0.2) is 0 Å². The summed E-state index contributed by atoms with van der Waals surface area (Å²) >= 11 is 0. The summed E-state index contributed by atoms with van der Waals surface area (Å²) in [5.74, 6) is 0.245. The molecule has 8 aromatic carbocycles. The van der Waals surface area contributed by atoms with Gasteiger partial charge in [0.15, 0.2) is 0 Å². The van der Waals surface area contributed by atoms with Crippen LogP contribution in [-0.2, 0) is 37.9 Å². The fourth-order valence-corrected chi connectivity index (χ4v) is 16.2. The predicted octanol–water partition coefficient (Wildman–Crippen LogP) is 20.7. The smallest absolute Gasteiger partial charge is 0.129 e. The summed E-state index contributed by atoms with van der Waals surface area (Å²) in [6.07, 6.45) is -9.91. The minimum Gasteiger partial charge on any atom is -0.457 e. The normalized spacial score (nSPS) is 38.9. The van der Waals surface area contributed by atoms with Crippen LogP contribution < -0.4 is 9.31 Å². The molecule has 1 aromatic heterocycles. The van der Waals surface area contributed by atoms with Gasteiger partial charge in [-0.1, -0.05) is 164 Å². The van der Waals surface area contributed by atoms with Gasteiger partial charge in [0.05, 0.1) is 19.3 Å². The van der Waals surface area contributed by atoms with Gasteiger partial charge in [0.2, 0.25) is 0 Å². The van der Waals surface area contributed by atoms with Crippen molar-refractivity contribution in [3.05, 3.63) is 208 Å². The molecule has 11 aliphatic carbocycles. The van der Waals surface area contributed by atoms with Crippen molar-refractivity contribution in [3.8, 4) is 39.4 Å². The molecular formula is C81H80N2O. The molecule has 0 N–H and O–H groups in total. The van der Waals surface area contributed by atoms with E-state index < -0.39 is 205 Å². The molecule has 12 aliphatic rings. The molecule has 1 unspecified atom stereocenters. The second-order valence-corrected chi connectivity index (χ2v) is 26.1. The first kappa shape index (κ1) is 25.5. The summed E-state index contributed by atoms with van der Waals surface area (Å²) in [6.45, 7) is -36.3. The third-order valence-corrected chi connectivity index (χ3v) is 20.8. The highest BCUT2D eigenvalue weighted by molar-refractivity contribution is 6.09. The molecule has 9 aromatic rings. The Labute approximate surface area is 551 Å². The molecule has 21 rings (SSSR count). The maximum absolute atomic E-state index is 10.9. The van der Waals surface area contributed by atoms with E-state index in [4.69, 9.17) is 21.2 Å². The number of hydrogen-bond donors (Lipinski definition) is 0. The van der Waals surface area contributed by atoms with Crippen LogP contribution in [0.1, 0.15) is 246 Å². The van der Waals surface area contributed by atoms with Crippen molar-refractivity contribution >= 4 is 39.4 Å². The van der Waals surface area contributed by atoms with Crippen LogP contribution in [0.3, 0.4) is 0 Å². The molecule has 2 heterocycles. The van der Waals surface area contributed by atoms with Crippen LogP contribution in [0.5, 0.6) is 11.5 Å². The average molecular weight is 1140 g/mol. The molecular weight excluding hydrogens is 1020 g/mol. The van der Waals surface area contributed by atoms with E-state index in [2.05, 4.69) is 35.0 Å². The number of nitrogens with zero attached hydrogens (tertiary/aromatic N) is 2. The number of aromatic nitrogens is 1. The maximum atomic E-state index is 10.9. The summed E-state index contributed by atoms with van der Waals surface area (Å²) in [4.78, 5) is 0. The predicted molar refractivity (Wildman–Crippen MR) is 347 cm³/mol. The molecule has 1 aliphatic heterocycles. The quantitative estimate of drug-likeness (QED) is 0.0985. The molecule has 3 nitrogen and oxygen atoms in total. The van der Waals surface area contributed by atoms with Crippen LogP contribution in [0.4, 0.5) is 11.4 Å². The van der Waals surface area contributed by atoms with Crippen LogP contribution in [0.25, 0.3) is 49.7 Å². The Morgan fingerprint density at radius 2 is 1.05 bits per heavy atom. The van der Waals surface area contributed by atoms with Crippen molar-refractivity contribution in [2.24, 2.45) is 17.8 Å². The van der Waals surface area contributed by atoms with Crippen molar-refractivity contribution in [1.29, 1.82) is 0 Å². The fourth-order valence-electron chi connectivity index (χ4n) is 16.2. The van der Waals surface area contributed by atoms with Crippen molar-refractivity contribution in [2.45, 2.75) is 182 Å². The van der Waals surface area contributed by atoms with Crippen molar-refractivity contribution in [2.75, 3.05) is 0 Å². The molecule has 0 amide bonds. The minimum atomic E-state index is -4.84. The Morgan fingerprint density at radius 1 is 0.488 bits per heavy atom. The molecule has 6 bridgehead atoms. The maximum Gasteiger partial charge on any atom is 0.129 e. The van der Waals surface area contributed by atoms with Crippen LogP contribution in [0.2, 0.25) is 0 Å². The standard InChI is InChI=1S/C81H80N2O/c1-75(2)28-30-77(5,6)69-33-53(22-26-66(69)75)63-36-56(80-42-50(43-80)44-80)37-64(54-23-27-67-70(34-54)78(7,8)31-29-76(67,3)4)73(63)82-48-65(62-19-13-20-68(74(62)82)81-45-51(46-81)47-81)52-14-11-17-58(32-52)84-59-24-25-61-60-18-9-10-21-71(60)83(72(61)38-59)57-16-12-15-55(35-57)79-39-49(40-79)41-79/h9-27,32-38,49-51,65H,28-31,39-47H2,1-8H3/i1D3,2D3,3D3,4D3,5D3,6D3,7D3,8D3,22D,23D,26D,27D,28D2,29D2,30D2,31D2,33D,34D. The minimum absolute atomic E-state index is 0.0121. The average Bonchev–Trinajstić information content (AvgIpc) is 0.669. The highest BCUT2D eigenvalue weighted by Crippen LogP contribution is 2.69. The Morgan fingerprint density at radius 3 is 1.65 bits per heavy atom. The molecule has 0 spiro atoms. The second-order valence-electron chi connectivity index (χ2n) is 26.1. The molecule has 3 heteroatoms. The Bertz CT molecular complexity index is 5800. The molecule has 420 valence electrons. The van der Waals surface area contributed by atoms with Gasteiger partial charge in [0.1, 0.15) is 29.1 Å². The van der Waals surface area contributed by atoms with Gasteiger partial charge in [-0.15, -0.1) is 0 Å². The summed E-state index contributed by atoms with van der Waals surface area (Å²) < 4.78 is 374. The number of fused-ring (bicyclic) bond motifs is 6. The number of ether oxygens (including phenoxy) is 1. The monoisotopic (exact) mass is 1130 g/mol. The summed E-state index contributed by atoms with van der Waals surface area (Å²) in [7, 11) is 0. The number of para-hydroxylation sites is 2. The highest BCUT2D eigenvalue weighted by atomic mass is 16.5. The summed E-state index contributed by atoms with van der Waals surface area (Å²) in [5.41, 5.74) is -27.0. The second kappa shape index (κ2) is 16.7. The van der Waals surface area contributed by atoms with Crippen LogP contribution in [0, 0.1) is 17.8 Å². The van der Waals surface area contributed by atoms with Gasteiger partial charge in [-0.2, -0.15) is 0 Å². The van der Waals surface area contributed by atoms with Gasteiger partial charge in [-0.3, -0.25) is 0 Å². The van der Waals surface area contributed by atoms with E-state index in [-0.39, 0.29) is 53.5 Å². The molecule has 9 fully saturated rings. The zero-order valence-electron chi connectivity index (χ0n) is 83.5. The molecule has 9 saturated carbocycles. The molecule has 84 heavy (non-hydrogen) atoms. The van der Waals surface area contributed by atoms with Gasteiger partial charge < -0.3 is 13.9 Å². The number of rotatable bonds is 10. The van der Waals surface area contributed by atoms with E-state index in [0.29, 0.717) is 41.7 Å². The highest BCUT2D eigenvalue weighted by Gasteiger charge is 2.60. The lowest BCUT2D eigenvalue weighted by atomic mass is 9.42. The number of hydrogen-bond acceptors (Lipinski definition) is 1. The summed E-state index contributed by atoms with van der Waals surface area (Å²) in [5, 5.41) is 1.89. The van der Waals surface area contributed by atoms with Crippen LogP contribution in [-0.4, -0.2) is 10.8 Å². The van der Waals surface area contributed by atoms with Crippen molar-refractivity contribution < 1.29 is 56.8 Å². The van der Waals surface area contributed by atoms with E-state index >= 15 is 0 Å². The molecule has 0 radical (unpaired) electrons. The molecule has 1 atom stereocenters. The summed E-state index contributed by atoms with van der Waals surface area (Å²) in [6, 6.07) is 26.8. The van der Waals surface area contributed by atoms with Crippen LogP contribution >= 0.6 is 0 Å². The fraction of sp³-hybridized carbons (Fsp3) is 0.395. The van der Waals surface area contributed by atoms with E-state index in [9.17, 15) is 35.6 Å². The van der Waals surface area contributed by atoms with Crippen LogP contribution in [0.15, 0.2) is 158 Å². The lowest BCUT2D eigenvalue weighted by Gasteiger charge is -2.63. The van der Waals surface area contributed by atoms with Gasteiger partial charge in [-0.05, 0) is 254 Å². The first-order valence-electron chi connectivity index (χ1n) is 48.1. The first-order chi connectivity index (χ1) is 56.0. The van der Waals surface area contributed by atoms with Crippen molar-refractivity contribution in [1.82, 2.24) is 9.14 Å². The Balaban J connectivity index is 0.983. The lowest BCUT2D eigenvalue weighted by Crippen LogP contribution is -2.55. The van der Waals surface area contributed by atoms with Gasteiger partial charge in [0.25, 0.3) is 0 Å².